The second-order valence-electron chi connectivity index (χ2n) is 7.97. The van der Waals surface area contributed by atoms with Gasteiger partial charge in [-0.1, -0.05) is 0 Å². The maximum atomic E-state index is 12.1. The Kier molecular flexibility index (Phi) is 10.0. The molecule has 1 aliphatic heterocycles. The summed E-state index contributed by atoms with van der Waals surface area (Å²) in [5.74, 6) is -3.68. The molecule has 0 N–H and O–H groups in total. The van der Waals surface area contributed by atoms with E-state index in [2.05, 4.69) is 0 Å². The molecule has 0 aromatic carbocycles. The molecule has 12 nitrogen and oxygen atoms in total. The van der Waals surface area contributed by atoms with Gasteiger partial charge in [-0.3, -0.25) is 19.2 Å². The average molecular weight is 462 g/mol. The summed E-state index contributed by atoms with van der Waals surface area (Å²) in [5, 5.41) is 0. The third-order valence-corrected chi connectivity index (χ3v) is 3.73. The van der Waals surface area contributed by atoms with E-state index in [0.29, 0.717) is 0 Å². The molecule has 32 heavy (non-hydrogen) atoms. The second kappa shape index (κ2) is 11.8. The first kappa shape index (κ1) is 27.3. The van der Waals surface area contributed by atoms with Gasteiger partial charge in [-0.05, 0) is 20.8 Å². The number of esters is 5. The largest absolute Gasteiger partial charge is 0.463 e. The standard InChI is InChI=1S/C20H30O12/c1-10(21)26-8-14-16(28-11(2)22)17(29-12(3)23)18(30-13(4)24)19(31-14)27-9-15(25)32-20(5,6)7/h14,16-19H,8-9H2,1-7H3/t14-,16-,17+,18-,19-/m1/s1. The predicted molar refractivity (Wildman–Crippen MR) is 104 cm³/mol. The minimum absolute atomic E-state index is 0.399. The normalized spacial score (nSPS) is 25.3. The first-order chi connectivity index (χ1) is 14.7. The summed E-state index contributed by atoms with van der Waals surface area (Å²) in [4.78, 5) is 58.4. The van der Waals surface area contributed by atoms with Crippen molar-refractivity contribution in [3.05, 3.63) is 0 Å². The van der Waals surface area contributed by atoms with E-state index in [0.717, 1.165) is 27.7 Å². The summed E-state index contributed by atoms with van der Waals surface area (Å²) in [6.07, 6.45) is -6.69. The molecule has 12 heteroatoms. The van der Waals surface area contributed by atoms with E-state index >= 15 is 0 Å². The molecule has 5 atom stereocenters. The van der Waals surface area contributed by atoms with Gasteiger partial charge in [0.15, 0.2) is 24.6 Å². The van der Waals surface area contributed by atoms with E-state index in [1.807, 2.05) is 0 Å². The summed E-state index contributed by atoms with van der Waals surface area (Å²) in [7, 11) is 0. The molecule has 1 saturated heterocycles. The van der Waals surface area contributed by atoms with Crippen molar-refractivity contribution in [2.75, 3.05) is 13.2 Å². The highest BCUT2D eigenvalue weighted by Gasteiger charge is 2.53. The van der Waals surface area contributed by atoms with E-state index in [9.17, 15) is 24.0 Å². The predicted octanol–water partition coefficient (Wildman–Crippen LogP) is 0.428. The van der Waals surface area contributed by atoms with E-state index in [4.69, 9.17) is 33.2 Å². The smallest absolute Gasteiger partial charge is 0.332 e. The molecule has 0 aromatic heterocycles. The number of ether oxygens (including phenoxy) is 7. The van der Waals surface area contributed by atoms with Crippen LogP contribution in [0, 0.1) is 0 Å². The van der Waals surface area contributed by atoms with Crippen LogP contribution in [0.3, 0.4) is 0 Å². The van der Waals surface area contributed by atoms with E-state index in [1.165, 1.54) is 0 Å². The van der Waals surface area contributed by atoms with Crippen LogP contribution in [0.5, 0.6) is 0 Å². The Morgan fingerprint density at radius 1 is 0.750 bits per heavy atom. The highest BCUT2D eigenvalue weighted by molar-refractivity contribution is 5.71. The first-order valence-electron chi connectivity index (χ1n) is 9.83. The van der Waals surface area contributed by atoms with Gasteiger partial charge >= 0.3 is 29.8 Å². The first-order valence-corrected chi connectivity index (χ1v) is 9.83. The maximum Gasteiger partial charge on any atom is 0.332 e. The van der Waals surface area contributed by atoms with Crippen LogP contribution in [-0.4, -0.2) is 79.4 Å². The zero-order valence-corrected chi connectivity index (χ0v) is 19.2. The Hall–Kier alpha value is -2.73. The minimum Gasteiger partial charge on any atom is -0.463 e. The number of hydrogen-bond acceptors (Lipinski definition) is 12. The summed E-state index contributed by atoms with van der Waals surface area (Å²) in [6.45, 7) is 8.47. The second-order valence-corrected chi connectivity index (χ2v) is 7.97. The fourth-order valence-electron chi connectivity index (χ4n) is 2.84. The summed E-state index contributed by atoms with van der Waals surface area (Å²) < 4.78 is 37.0. The molecule has 1 aliphatic rings. The number of hydrogen-bond donors (Lipinski definition) is 0. The molecule has 182 valence electrons. The lowest BCUT2D eigenvalue weighted by atomic mass is 9.98. The van der Waals surface area contributed by atoms with Crippen molar-refractivity contribution < 1.29 is 57.1 Å². The molecule has 1 rings (SSSR count). The van der Waals surface area contributed by atoms with Crippen LogP contribution in [0.25, 0.3) is 0 Å². The molecule has 1 fully saturated rings. The molecule has 0 unspecified atom stereocenters. The van der Waals surface area contributed by atoms with Crippen LogP contribution in [0.15, 0.2) is 0 Å². The Labute approximate surface area is 185 Å². The van der Waals surface area contributed by atoms with Gasteiger partial charge in [-0.2, -0.15) is 0 Å². The molecular formula is C20H30O12. The van der Waals surface area contributed by atoms with Crippen molar-refractivity contribution in [2.24, 2.45) is 0 Å². The molecule has 0 amide bonds. The summed E-state index contributed by atoms with van der Waals surface area (Å²) >= 11 is 0. The maximum absolute atomic E-state index is 12.1. The minimum atomic E-state index is -1.44. The molecule has 0 aliphatic carbocycles. The van der Waals surface area contributed by atoms with E-state index < -0.39 is 79.4 Å². The van der Waals surface area contributed by atoms with Crippen molar-refractivity contribution in [2.45, 2.75) is 84.8 Å². The highest BCUT2D eigenvalue weighted by Crippen LogP contribution is 2.30. The zero-order valence-electron chi connectivity index (χ0n) is 19.2. The van der Waals surface area contributed by atoms with Gasteiger partial charge < -0.3 is 33.2 Å². The SMILES string of the molecule is CC(=O)OC[C@H]1O[C@@H](OCC(=O)OC(C)(C)C)[C@H](OC(C)=O)[C@@H](OC(C)=O)[C@@H]1OC(C)=O. The van der Waals surface area contributed by atoms with Gasteiger partial charge in [-0.15, -0.1) is 0 Å². The lowest BCUT2D eigenvalue weighted by Gasteiger charge is -2.43. The van der Waals surface area contributed by atoms with Crippen LogP contribution in [-0.2, 0) is 57.1 Å². The Balaban J connectivity index is 3.23. The fraction of sp³-hybridized carbons (Fsp3) is 0.750. The quantitative estimate of drug-likeness (QED) is 0.363. The summed E-state index contributed by atoms with van der Waals surface area (Å²) in [6, 6.07) is 0. The van der Waals surface area contributed by atoms with Gasteiger partial charge in [0.2, 0.25) is 0 Å². The number of carbonyl (C=O) groups is 5. The number of carbonyl (C=O) groups excluding carboxylic acids is 5. The van der Waals surface area contributed by atoms with Gasteiger partial charge in [0.05, 0.1) is 0 Å². The fourth-order valence-corrected chi connectivity index (χ4v) is 2.84. The average Bonchev–Trinajstić information content (AvgIpc) is 2.59. The Morgan fingerprint density at radius 2 is 1.25 bits per heavy atom. The third-order valence-electron chi connectivity index (χ3n) is 3.73. The van der Waals surface area contributed by atoms with Gasteiger partial charge in [0.25, 0.3) is 0 Å². The third kappa shape index (κ3) is 9.60. The van der Waals surface area contributed by atoms with Gasteiger partial charge in [0, 0.05) is 27.7 Å². The Bertz CT molecular complexity index is 710. The molecule has 1 heterocycles. The molecule has 0 aromatic rings. The topological polar surface area (TPSA) is 150 Å². The van der Waals surface area contributed by atoms with Crippen LogP contribution < -0.4 is 0 Å². The van der Waals surface area contributed by atoms with Crippen molar-refractivity contribution in [1.82, 2.24) is 0 Å². The molecule has 0 bridgehead atoms. The molecule has 0 spiro atoms. The lowest BCUT2D eigenvalue weighted by molar-refractivity contribution is -0.307. The van der Waals surface area contributed by atoms with E-state index in [-0.39, 0.29) is 0 Å². The van der Waals surface area contributed by atoms with Crippen LogP contribution >= 0.6 is 0 Å². The monoisotopic (exact) mass is 462 g/mol. The van der Waals surface area contributed by atoms with Crippen molar-refractivity contribution in [3.63, 3.8) is 0 Å². The molecule has 0 saturated carbocycles. The zero-order chi connectivity index (χ0) is 24.6. The van der Waals surface area contributed by atoms with Crippen molar-refractivity contribution in [3.8, 4) is 0 Å². The molecular weight excluding hydrogens is 432 g/mol. The van der Waals surface area contributed by atoms with Gasteiger partial charge in [-0.25, -0.2) is 4.79 Å². The number of rotatable bonds is 8. The van der Waals surface area contributed by atoms with Crippen LogP contribution in [0.1, 0.15) is 48.5 Å². The van der Waals surface area contributed by atoms with Crippen LogP contribution in [0.4, 0.5) is 0 Å². The lowest BCUT2D eigenvalue weighted by Crippen LogP contribution is -2.63. The summed E-state index contributed by atoms with van der Waals surface area (Å²) in [5.41, 5.74) is -0.776. The van der Waals surface area contributed by atoms with Crippen molar-refractivity contribution >= 4 is 29.8 Å². The van der Waals surface area contributed by atoms with E-state index in [1.54, 1.807) is 20.8 Å². The van der Waals surface area contributed by atoms with Crippen LogP contribution in [0.2, 0.25) is 0 Å². The van der Waals surface area contributed by atoms with Crippen molar-refractivity contribution in [1.29, 1.82) is 0 Å². The Morgan fingerprint density at radius 3 is 1.72 bits per heavy atom. The molecule has 0 radical (unpaired) electrons. The highest BCUT2D eigenvalue weighted by atomic mass is 16.7. The van der Waals surface area contributed by atoms with Gasteiger partial charge in [0.1, 0.15) is 24.9 Å².